The van der Waals surface area contributed by atoms with Gasteiger partial charge in [-0.05, 0) is 169 Å². The second kappa shape index (κ2) is 17.2. The summed E-state index contributed by atoms with van der Waals surface area (Å²) in [7, 11) is 0. The van der Waals surface area contributed by atoms with E-state index in [1.165, 1.54) is 22.3 Å². The summed E-state index contributed by atoms with van der Waals surface area (Å²) in [6.45, 7) is 8.60. The van der Waals surface area contributed by atoms with Gasteiger partial charge in [-0.2, -0.15) is 0 Å². The predicted molar refractivity (Wildman–Crippen MR) is 247 cm³/mol. The van der Waals surface area contributed by atoms with Gasteiger partial charge in [-0.25, -0.2) is 0 Å². The number of benzene rings is 6. The topological polar surface area (TPSA) is 32.3 Å². The molecule has 6 aromatic carbocycles. The summed E-state index contributed by atoms with van der Waals surface area (Å²) in [4.78, 5) is 14.0. The highest BCUT2D eigenvalue weighted by Crippen LogP contribution is 2.37. The number of rotatable bonds is 11. The maximum absolute atomic E-state index is 4.68. The van der Waals surface area contributed by atoms with Gasteiger partial charge in [0, 0.05) is 46.5 Å². The van der Waals surface area contributed by atoms with Gasteiger partial charge in [0.05, 0.1) is 11.4 Å². The van der Waals surface area contributed by atoms with Crippen molar-refractivity contribution in [1.29, 1.82) is 0 Å². The van der Waals surface area contributed by atoms with Gasteiger partial charge in [-0.1, -0.05) is 97.1 Å². The number of nitrogens with zero attached hydrogens (tertiary/aromatic N) is 4. The summed E-state index contributed by atoms with van der Waals surface area (Å²) in [6.07, 6.45) is 12.2. The normalized spacial score (nSPS) is 11.3. The van der Waals surface area contributed by atoms with Crippen molar-refractivity contribution in [3.05, 3.63) is 227 Å². The van der Waals surface area contributed by atoms with Gasteiger partial charge < -0.3 is 9.80 Å². The Balaban J connectivity index is 0.973. The zero-order chi connectivity index (χ0) is 39.8. The zero-order valence-corrected chi connectivity index (χ0v) is 33.4. The minimum Gasteiger partial charge on any atom is -0.310 e. The molecule has 58 heavy (non-hydrogen) atoms. The summed E-state index contributed by atoms with van der Waals surface area (Å²) >= 11 is 0. The molecule has 2 heterocycles. The minimum absolute atomic E-state index is 0.830. The van der Waals surface area contributed by atoms with Gasteiger partial charge in [0.1, 0.15) is 0 Å². The maximum Gasteiger partial charge on any atom is 0.0892 e. The van der Waals surface area contributed by atoms with Crippen molar-refractivity contribution in [3.8, 4) is 11.4 Å². The maximum atomic E-state index is 4.68. The van der Waals surface area contributed by atoms with Crippen LogP contribution in [-0.4, -0.2) is 9.97 Å². The summed E-state index contributed by atoms with van der Waals surface area (Å²) in [5, 5.41) is 0. The fraction of sp³-hybridized carbons (Fsp3) is 0.0741. The number of aryl methyl sites for hydroxylation is 4. The van der Waals surface area contributed by atoms with Crippen LogP contribution < -0.4 is 9.80 Å². The van der Waals surface area contributed by atoms with Crippen molar-refractivity contribution in [3.63, 3.8) is 0 Å². The third-order valence-corrected chi connectivity index (χ3v) is 10.0. The molecule has 0 spiro atoms. The fourth-order valence-corrected chi connectivity index (χ4v) is 7.44. The van der Waals surface area contributed by atoms with E-state index in [0.717, 1.165) is 67.8 Å². The number of para-hydroxylation sites is 2. The summed E-state index contributed by atoms with van der Waals surface area (Å²) in [6, 6.07) is 60.1. The van der Waals surface area contributed by atoms with Gasteiger partial charge in [0.2, 0.25) is 0 Å². The van der Waals surface area contributed by atoms with Crippen LogP contribution in [0.3, 0.4) is 0 Å². The highest BCUT2D eigenvalue weighted by molar-refractivity contribution is 5.81. The van der Waals surface area contributed by atoms with Crippen molar-refractivity contribution in [2.75, 3.05) is 9.80 Å². The molecule has 0 bridgehead atoms. The summed E-state index contributed by atoms with van der Waals surface area (Å²) in [5.41, 5.74) is 17.8. The smallest absolute Gasteiger partial charge is 0.0892 e. The first-order valence-electron chi connectivity index (χ1n) is 19.7. The Morgan fingerprint density at radius 2 is 0.638 bits per heavy atom. The zero-order valence-electron chi connectivity index (χ0n) is 33.4. The Morgan fingerprint density at radius 3 is 1.00 bits per heavy atom. The molecule has 0 fully saturated rings. The number of aromatic nitrogens is 2. The minimum atomic E-state index is 0.830. The predicted octanol–water partition coefficient (Wildman–Crippen LogP) is 14.7. The molecule has 0 aliphatic rings. The molecule has 282 valence electrons. The third kappa shape index (κ3) is 9.04. The van der Waals surface area contributed by atoms with E-state index >= 15 is 0 Å². The lowest BCUT2D eigenvalue weighted by molar-refractivity contribution is 1.24. The van der Waals surface area contributed by atoms with Gasteiger partial charge in [0.15, 0.2) is 0 Å². The number of anilines is 6. The van der Waals surface area contributed by atoms with E-state index in [1.54, 1.807) is 0 Å². The molecule has 2 aromatic heterocycles. The van der Waals surface area contributed by atoms with E-state index in [1.807, 2.05) is 24.5 Å². The van der Waals surface area contributed by atoms with Gasteiger partial charge in [-0.15, -0.1) is 0 Å². The van der Waals surface area contributed by atoms with E-state index in [2.05, 4.69) is 229 Å². The Bertz CT molecular complexity index is 2470. The Hall–Kier alpha value is -7.30. The summed E-state index contributed by atoms with van der Waals surface area (Å²) in [5.74, 6) is 0. The third-order valence-electron chi connectivity index (χ3n) is 10.0. The molecular formula is C54H46N4. The molecule has 0 saturated heterocycles. The van der Waals surface area contributed by atoms with Crippen LogP contribution in [0.2, 0.25) is 0 Å². The van der Waals surface area contributed by atoms with Gasteiger partial charge >= 0.3 is 0 Å². The van der Waals surface area contributed by atoms with Crippen LogP contribution in [0.25, 0.3) is 35.7 Å². The van der Waals surface area contributed by atoms with E-state index in [-0.39, 0.29) is 0 Å². The Morgan fingerprint density at radius 1 is 0.310 bits per heavy atom. The first-order valence-corrected chi connectivity index (χ1v) is 19.7. The molecule has 0 aliphatic heterocycles. The lowest BCUT2D eigenvalue weighted by atomic mass is 10.1. The average Bonchev–Trinajstić information content (AvgIpc) is 3.24. The molecule has 4 nitrogen and oxygen atoms in total. The molecule has 4 heteroatoms. The van der Waals surface area contributed by atoms with E-state index in [4.69, 9.17) is 0 Å². The molecule has 0 unspecified atom stereocenters. The number of pyridine rings is 2. The van der Waals surface area contributed by atoms with E-state index in [0.29, 0.717) is 0 Å². The lowest BCUT2D eigenvalue weighted by Crippen LogP contribution is -2.10. The molecule has 0 N–H and O–H groups in total. The highest BCUT2D eigenvalue weighted by atomic mass is 15.1. The molecule has 0 saturated carbocycles. The van der Waals surface area contributed by atoms with Crippen molar-refractivity contribution in [2.45, 2.75) is 27.7 Å². The van der Waals surface area contributed by atoms with Crippen LogP contribution in [0, 0.1) is 27.7 Å². The summed E-state index contributed by atoms with van der Waals surface area (Å²) < 4.78 is 0. The van der Waals surface area contributed by atoms with Crippen LogP contribution in [0.15, 0.2) is 182 Å². The SMILES string of the molecule is Cc1cc(C)cc(N(c2ccccc2)c2ccc(/C=C/c3ccnc(-c4cc(/C=C/c5ccc(N(c6ccccc6)c6cc(C)cc(C)c6)cc5)ccn4)c3)cc2)c1. The van der Waals surface area contributed by atoms with Crippen LogP contribution >= 0.6 is 0 Å². The first kappa shape index (κ1) is 37.6. The number of hydrogen-bond acceptors (Lipinski definition) is 4. The largest absolute Gasteiger partial charge is 0.310 e. The molecule has 0 amide bonds. The van der Waals surface area contributed by atoms with Crippen molar-refractivity contribution < 1.29 is 0 Å². The van der Waals surface area contributed by atoms with Crippen LogP contribution in [-0.2, 0) is 0 Å². The molecule has 8 aromatic rings. The van der Waals surface area contributed by atoms with Crippen LogP contribution in [0.5, 0.6) is 0 Å². The molecular weight excluding hydrogens is 705 g/mol. The van der Waals surface area contributed by atoms with Crippen LogP contribution in [0.4, 0.5) is 34.1 Å². The second-order valence-electron chi connectivity index (χ2n) is 14.8. The van der Waals surface area contributed by atoms with E-state index in [9.17, 15) is 0 Å². The Labute approximate surface area is 342 Å². The van der Waals surface area contributed by atoms with Gasteiger partial charge in [0.25, 0.3) is 0 Å². The van der Waals surface area contributed by atoms with Crippen molar-refractivity contribution in [2.24, 2.45) is 0 Å². The molecule has 0 atom stereocenters. The molecule has 0 aliphatic carbocycles. The quantitative estimate of drug-likeness (QED) is 0.132. The lowest BCUT2D eigenvalue weighted by Gasteiger charge is -2.26. The fourth-order valence-electron chi connectivity index (χ4n) is 7.44. The van der Waals surface area contributed by atoms with E-state index < -0.39 is 0 Å². The van der Waals surface area contributed by atoms with Gasteiger partial charge in [-0.3, -0.25) is 9.97 Å². The average molecular weight is 751 g/mol. The first-order chi connectivity index (χ1) is 28.3. The molecule has 8 rings (SSSR count). The Kier molecular flexibility index (Phi) is 11.2. The van der Waals surface area contributed by atoms with Crippen molar-refractivity contribution >= 4 is 58.4 Å². The standard InChI is InChI=1S/C54H46N4/c1-39-31-40(2)34-51(33-39)57(47-11-7-5-8-12-47)49-23-19-43(20-24-49)15-17-45-27-29-55-53(37-45)54-38-46(28-30-56-54)18-16-44-21-25-50(26-22-44)58(48-13-9-6-10-14-48)52-35-41(3)32-42(4)36-52/h5-38H,1-4H3/b17-15+,18-16+. The number of hydrogen-bond donors (Lipinski definition) is 0. The second-order valence-corrected chi connectivity index (χ2v) is 14.8. The van der Waals surface area contributed by atoms with Crippen molar-refractivity contribution in [1.82, 2.24) is 9.97 Å². The molecule has 0 radical (unpaired) electrons. The highest BCUT2D eigenvalue weighted by Gasteiger charge is 2.14. The van der Waals surface area contributed by atoms with Crippen LogP contribution in [0.1, 0.15) is 44.5 Å². The monoisotopic (exact) mass is 750 g/mol.